The van der Waals surface area contributed by atoms with Gasteiger partial charge >= 0.3 is 11.9 Å². The van der Waals surface area contributed by atoms with Crippen molar-refractivity contribution in [3.8, 4) is 6.07 Å². The summed E-state index contributed by atoms with van der Waals surface area (Å²) < 4.78 is 6.82. The number of allylic oxidation sites excluding steroid dienone is 1. The SMILES string of the molecule is CN1C2CCC1CC(OC1c3ccccc3C=C(C#N)c3ccccc31)C2.O=C(O)CCC(=O)O. The predicted molar refractivity (Wildman–Crippen MR) is 131 cm³/mol. The van der Waals surface area contributed by atoms with Crippen LogP contribution in [0.2, 0.25) is 0 Å². The van der Waals surface area contributed by atoms with Crippen LogP contribution in [0.1, 0.15) is 66.9 Å². The first-order valence-corrected chi connectivity index (χ1v) is 12.0. The van der Waals surface area contributed by atoms with Crippen LogP contribution in [0.15, 0.2) is 48.5 Å². The van der Waals surface area contributed by atoms with Gasteiger partial charge in [-0.2, -0.15) is 5.26 Å². The van der Waals surface area contributed by atoms with E-state index in [-0.39, 0.29) is 25.0 Å². The number of ether oxygens (including phenoxy) is 1. The third-order valence-electron chi connectivity index (χ3n) is 7.17. The molecule has 0 aromatic heterocycles. The number of fused-ring (bicyclic) bond motifs is 4. The maximum Gasteiger partial charge on any atom is 0.303 e. The van der Waals surface area contributed by atoms with Gasteiger partial charge in [0, 0.05) is 12.1 Å². The Bertz CT molecular complexity index is 1140. The molecule has 182 valence electrons. The van der Waals surface area contributed by atoms with E-state index < -0.39 is 11.9 Å². The van der Waals surface area contributed by atoms with Crippen molar-refractivity contribution in [2.75, 3.05) is 7.05 Å². The van der Waals surface area contributed by atoms with Gasteiger partial charge in [-0.1, -0.05) is 48.5 Å². The van der Waals surface area contributed by atoms with Gasteiger partial charge in [0.1, 0.15) is 6.10 Å². The summed E-state index contributed by atoms with van der Waals surface area (Å²) in [4.78, 5) is 21.8. The second-order valence-corrected chi connectivity index (χ2v) is 9.33. The second-order valence-electron chi connectivity index (χ2n) is 9.33. The van der Waals surface area contributed by atoms with E-state index in [1.807, 2.05) is 24.3 Å². The van der Waals surface area contributed by atoms with Gasteiger partial charge in [0.25, 0.3) is 0 Å². The van der Waals surface area contributed by atoms with E-state index in [4.69, 9.17) is 14.9 Å². The molecule has 2 fully saturated rings. The average Bonchev–Trinajstić information content (AvgIpc) is 3.02. The highest BCUT2D eigenvalue weighted by Gasteiger charge is 2.40. The molecule has 2 aromatic carbocycles. The van der Waals surface area contributed by atoms with E-state index in [2.05, 4.69) is 48.3 Å². The number of carboxylic acids is 2. The Labute approximate surface area is 205 Å². The van der Waals surface area contributed by atoms with Crippen molar-refractivity contribution in [1.82, 2.24) is 4.90 Å². The van der Waals surface area contributed by atoms with Crippen LogP contribution in [0.25, 0.3) is 11.6 Å². The molecular weight excluding hydrogens is 444 g/mol. The number of carbonyl (C=O) groups is 2. The molecule has 2 N–H and O–H groups in total. The van der Waals surface area contributed by atoms with E-state index >= 15 is 0 Å². The molecule has 7 heteroatoms. The van der Waals surface area contributed by atoms with Crippen molar-refractivity contribution < 1.29 is 24.5 Å². The molecule has 35 heavy (non-hydrogen) atoms. The summed E-state index contributed by atoms with van der Waals surface area (Å²) >= 11 is 0. The number of nitrogens with zero attached hydrogens (tertiary/aromatic N) is 2. The summed E-state index contributed by atoms with van der Waals surface area (Å²) in [5.74, 6) is -2.15. The third kappa shape index (κ3) is 5.61. The number of rotatable bonds is 5. The van der Waals surface area contributed by atoms with Crippen molar-refractivity contribution in [3.05, 3.63) is 70.8 Å². The van der Waals surface area contributed by atoms with Crippen LogP contribution in [-0.2, 0) is 14.3 Å². The molecule has 2 aromatic rings. The third-order valence-corrected chi connectivity index (χ3v) is 7.17. The van der Waals surface area contributed by atoms with Gasteiger partial charge in [-0.05, 0) is 61.1 Å². The zero-order valence-corrected chi connectivity index (χ0v) is 19.8. The van der Waals surface area contributed by atoms with Gasteiger partial charge in [-0.25, -0.2) is 0 Å². The summed E-state index contributed by atoms with van der Waals surface area (Å²) in [6, 6.07) is 20.3. The van der Waals surface area contributed by atoms with E-state index in [0.717, 1.165) is 29.5 Å². The van der Waals surface area contributed by atoms with E-state index in [1.54, 1.807) is 0 Å². The highest BCUT2D eigenvalue weighted by molar-refractivity contribution is 5.92. The monoisotopic (exact) mass is 474 g/mol. The number of hydrogen-bond donors (Lipinski definition) is 2. The first-order chi connectivity index (χ1) is 16.9. The topological polar surface area (TPSA) is 111 Å². The van der Waals surface area contributed by atoms with Gasteiger partial charge in [-0.15, -0.1) is 0 Å². The van der Waals surface area contributed by atoms with Crippen molar-refractivity contribution in [3.63, 3.8) is 0 Å². The maximum absolute atomic E-state index is 9.74. The zero-order chi connectivity index (χ0) is 24.9. The summed E-state index contributed by atoms with van der Waals surface area (Å²) in [6.07, 6.45) is 6.36. The fourth-order valence-electron chi connectivity index (χ4n) is 5.37. The lowest BCUT2D eigenvalue weighted by Gasteiger charge is -2.38. The molecule has 3 aliphatic rings. The zero-order valence-electron chi connectivity index (χ0n) is 19.8. The number of nitriles is 1. The molecule has 3 unspecified atom stereocenters. The number of aliphatic carboxylic acids is 2. The minimum atomic E-state index is -1.08. The van der Waals surface area contributed by atoms with E-state index in [9.17, 15) is 14.9 Å². The van der Waals surface area contributed by atoms with Gasteiger partial charge in [-0.3, -0.25) is 9.59 Å². The van der Waals surface area contributed by atoms with Crippen LogP contribution in [0, 0.1) is 11.3 Å². The van der Waals surface area contributed by atoms with Crippen LogP contribution < -0.4 is 0 Å². The molecule has 0 spiro atoms. The predicted octanol–water partition coefficient (Wildman–Crippen LogP) is 4.73. The van der Waals surface area contributed by atoms with Crippen molar-refractivity contribution in [1.29, 1.82) is 5.26 Å². The molecule has 0 saturated carbocycles. The first-order valence-electron chi connectivity index (χ1n) is 12.0. The Morgan fingerprint density at radius 2 is 1.54 bits per heavy atom. The Kier molecular flexibility index (Phi) is 7.64. The van der Waals surface area contributed by atoms with Gasteiger partial charge in [0.15, 0.2) is 0 Å². The lowest BCUT2D eigenvalue weighted by atomic mass is 9.94. The molecule has 7 nitrogen and oxygen atoms in total. The lowest BCUT2D eigenvalue weighted by Crippen LogP contribution is -2.43. The summed E-state index contributed by atoms with van der Waals surface area (Å²) in [5.41, 5.74) is 5.08. The fourth-order valence-corrected chi connectivity index (χ4v) is 5.37. The summed E-state index contributed by atoms with van der Waals surface area (Å²) in [6.45, 7) is 0. The molecule has 0 radical (unpaired) electrons. The van der Waals surface area contributed by atoms with Crippen LogP contribution >= 0.6 is 0 Å². The Balaban J connectivity index is 0.000000314. The number of benzene rings is 2. The molecular formula is C28H30N2O5. The van der Waals surface area contributed by atoms with E-state index in [1.165, 1.54) is 18.4 Å². The van der Waals surface area contributed by atoms with E-state index in [0.29, 0.717) is 17.7 Å². The number of carboxylic acid groups (broad SMARTS) is 2. The van der Waals surface area contributed by atoms with Crippen LogP contribution in [0.4, 0.5) is 0 Å². The summed E-state index contributed by atoms with van der Waals surface area (Å²) in [7, 11) is 2.26. The standard InChI is InChI=1S/C24H24N2O.C4H6O4/c1-26-18-10-11-19(26)14-20(13-18)27-24-22-8-3-2-6-16(22)12-17(15-25)21-7-4-5-9-23(21)24;5-3(6)1-2-4(7)8/h2-9,12,18-20,24H,10-11,13-14H2,1H3;1-2H2,(H,5,6)(H,7,8). The highest BCUT2D eigenvalue weighted by Crippen LogP contribution is 2.42. The minimum absolute atomic E-state index is 0.118. The van der Waals surface area contributed by atoms with Crippen molar-refractivity contribution >= 4 is 23.6 Å². The normalized spacial score (nSPS) is 24.5. The fraction of sp³-hybridized carbons (Fsp3) is 0.393. The molecule has 5 rings (SSSR count). The Morgan fingerprint density at radius 1 is 0.971 bits per heavy atom. The lowest BCUT2D eigenvalue weighted by molar-refractivity contribution is -0.143. The Hall–Kier alpha value is -3.47. The Morgan fingerprint density at radius 3 is 2.14 bits per heavy atom. The van der Waals surface area contributed by atoms with Gasteiger partial charge < -0.3 is 19.8 Å². The van der Waals surface area contributed by atoms with Gasteiger partial charge in [0.05, 0.1) is 30.6 Å². The highest BCUT2D eigenvalue weighted by atomic mass is 16.5. The molecule has 1 aliphatic carbocycles. The number of piperidine rings is 1. The minimum Gasteiger partial charge on any atom is -0.481 e. The van der Waals surface area contributed by atoms with Crippen molar-refractivity contribution in [2.45, 2.75) is 62.8 Å². The van der Waals surface area contributed by atoms with Crippen LogP contribution in [-0.4, -0.2) is 52.3 Å². The molecule has 2 bridgehead atoms. The van der Waals surface area contributed by atoms with Crippen LogP contribution in [0.5, 0.6) is 0 Å². The largest absolute Gasteiger partial charge is 0.481 e. The average molecular weight is 475 g/mol. The molecule has 2 saturated heterocycles. The molecule has 0 amide bonds. The van der Waals surface area contributed by atoms with Crippen molar-refractivity contribution in [2.24, 2.45) is 0 Å². The molecule has 2 aliphatic heterocycles. The molecule has 2 heterocycles. The maximum atomic E-state index is 9.74. The smallest absolute Gasteiger partial charge is 0.303 e. The van der Waals surface area contributed by atoms with Crippen LogP contribution in [0.3, 0.4) is 0 Å². The molecule has 3 atom stereocenters. The summed E-state index contributed by atoms with van der Waals surface area (Å²) in [5, 5.41) is 25.5. The first kappa shape index (κ1) is 24.6. The second kappa shape index (κ2) is 10.9. The quantitative estimate of drug-likeness (QED) is 0.644. The van der Waals surface area contributed by atoms with Gasteiger partial charge in [0.2, 0.25) is 0 Å². The number of hydrogen-bond acceptors (Lipinski definition) is 5.